The number of piperazine rings is 1. The van der Waals surface area contributed by atoms with E-state index in [4.69, 9.17) is 0 Å². The number of hydrogen-bond acceptors (Lipinski definition) is 2. The molecule has 70 valence electrons. The number of hydrogen-bond donors (Lipinski definition) is 1. The molecule has 1 heterocycles. The van der Waals surface area contributed by atoms with Crippen LogP contribution in [0.3, 0.4) is 0 Å². The Morgan fingerprint density at radius 2 is 2.33 bits per heavy atom. The summed E-state index contributed by atoms with van der Waals surface area (Å²) < 4.78 is 0. The molecule has 1 saturated heterocycles. The first-order chi connectivity index (χ1) is 5.79. The summed E-state index contributed by atoms with van der Waals surface area (Å²) in [6, 6.07) is 0.0868. The molecule has 0 aromatic heterocycles. The third kappa shape index (κ3) is 1.97. The van der Waals surface area contributed by atoms with Crippen molar-refractivity contribution in [1.29, 1.82) is 0 Å². The molecule has 0 saturated carbocycles. The minimum Gasteiger partial charge on any atom is -0.340 e. The van der Waals surface area contributed by atoms with Crippen molar-refractivity contribution in [2.45, 2.75) is 32.7 Å². The van der Waals surface area contributed by atoms with Gasteiger partial charge in [0, 0.05) is 19.6 Å². The van der Waals surface area contributed by atoms with Crippen molar-refractivity contribution in [3.63, 3.8) is 0 Å². The van der Waals surface area contributed by atoms with Gasteiger partial charge in [0.05, 0.1) is 6.04 Å². The van der Waals surface area contributed by atoms with Crippen molar-refractivity contribution in [3.8, 4) is 0 Å². The predicted molar refractivity (Wildman–Crippen MR) is 49.0 cm³/mol. The van der Waals surface area contributed by atoms with Gasteiger partial charge in [-0.3, -0.25) is 4.79 Å². The first-order valence-electron chi connectivity index (χ1n) is 4.81. The molecule has 0 aromatic rings. The topological polar surface area (TPSA) is 32.3 Å². The number of carbonyl (C=O) groups is 1. The number of likely N-dealkylation sites (N-methyl/N-ethyl adjacent to an activating group) is 1. The lowest BCUT2D eigenvalue weighted by Crippen LogP contribution is -2.54. The van der Waals surface area contributed by atoms with E-state index < -0.39 is 0 Å². The Labute approximate surface area is 74.1 Å². The van der Waals surface area contributed by atoms with Gasteiger partial charge in [0.2, 0.25) is 5.91 Å². The molecule has 0 bridgehead atoms. The molecule has 3 nitrogen and oxygen atoms in total. The summed E-state index contributed by atoms with van der Waals surface area (Å²) in [6.07, 6.45) is 2.04. The Balaban J connectivity index is 2.47. The van der Waals surface area contributed by atoms with E-state index in [0.717, 1.165) is 32.5 Å². The van der Waals surface area contributed by atoms with E-state index in [1.54, 1.807) is 0 Å². The third-order valence-corrected chi connectivity index (χ3v) is 2.34. The lowest BCUT2D eigenvalue weighted by Gasteiger charge is -2.32. The summed E-state index contributed by atoms with van der Waals surface area (Å²) in [5.41, 5.74) is 0. The van der Waals surface area contributed by atoms with Gasteiger partial charge in [0.15, 0.2) is 0 Å². The largest absolute Gasteiger partial charge is 0.340 e. The number of rotatable bonds is 3. The maximum Gasteiger partial charge on any atom is 0.239 e. The number of nitrogens with zero attached hydrogens (tertiary/aromatic N) is 1. The second-order valence-electron chi connectivity index (χ2n) is 3.21. The molecule has 3 heteroatoms. The van der Waals surface area contributed by atoms with Crippen molar-refractivity contribution < 1.29 is 4.79 Å². The lowest BCUT2D eigenvalue weighted by molar-refractivity contribution is -0.135. The fourth-order valence-corrected chi connectivity index (χ4v) is 1.62. The quantitative estimate of drug-likeness (QED) is 0.673. The molecule has 0 aromatic carbocycles. The Bertz CT molecular complexity index is 157. The van der Waals surface area contributed by atoms with Gasteiger partial charge in [0.25, 0.3) is 0 Å². The zero-order valence-electron chi connectivity index (χ0n) is 7.97. The number of amides is 1. The molecule has 0 aliphatic carbocycles. The van der Waals surface area contributed by atoms with Gasteiger partial charge in [0.1, 0.15) is 0 Å². The van der Waals surface area contributed by atoms with Gasteiger partial charge in [-0.25, -0.2) is 0 Å². The average molecular weight is 170 g/mol. The molecule has 0 radical (unpaired) electrons. The van der Waals surface area contributed by atoms with Crippen LogP contribution >= 0.6 is 0 Å². The highest BCUT2D eigenvalue weighted by molar-refractivity contribution is 5.82. The summed E-state index contributed by atoms with van der Waals surface area (Å²) in [5, 5.41) is 3.24. The Hall–Kier alpha value is -0.570. The van der Waals surface area contributed by atoms with Gasteiger partial charge in [-0.1, -0.05) is 13.3 Å². The number of carbonyl (C=O) groups excluding carboxylic acids is 1. The SMILES string of the molecule is CCCC1NCCN(CC)C1=O. The molecule has 1 aliphatic rings. The van der Waals surface area contributed by atoms with Crippen LogP contribution in [0.15, 0.2) is 0 Å². The van der Waals surface area contributed by atoms with E-state index in [1.807, 2.05) is 11.8 Å². The highest BCUT2D eigenvalue weighted by Gasteiger charge is 2.25. The van der Waals surface area contributed by atoms with Crippen LogP contribution in [0.4, 0.5) is 0 Å². The van der Waals surface area contributed by atoms with Crippen LogP contribution < -0.4 is 5.32 Å². The molecule has 1 aliphatic heterocycles. The maximum absolute atomic E-state index is 11.6. The second kappa shape index (κ2) is 4.45. The number of nitrogens with one attached hydrogen (secondary N) is 1. The fourth-order valence-electron chi connectivity index (χ4n) is 1.62. The van der Waals surface area contributed by atoms with Crippen molar-refractivity contribution in [3.05, 3.63) is 0 Å². The molecule has 1 N–H and O–H groups in total. The molecule has 1 rings (SSSR count). The molecule has 0 spiro atoms. The van der Waals surface area contributed by atoms with Crippen LogP contribution in [-0.4, -0.2) is 36.5 Å². The van der Waals surface area contributed by atoms with Crippen molar-refractivity contribution >= 4 is 5.91 Å². The summed E-state index contributed by atoms with van der Waals surface area (Å²) in [6.45, 7) is 6.81. The molecular weight excluding hydrogens is 152 g/mol. The Kier molecular flexibility index (Phi) is 3.53. The van der Waals surface area contributed by atoms with Gasteiger partial charge in [-0.15, -0.1) is 0 Å². The molecule has 12 heavy (non-hydrogen) atoms. The highest BCUT2D eigenvalue weighted by atomic mass is 16.2. The third-order valence-electron chi connectivity index (χ3n) is 2.34. The summed E-state index contributed by atoms with van der Waals surface area (Å²) in [5.74, 6) is 0.283. The minimum absolute atomic E-state index is 0.0868. The van der Waals surface area contributed by atoms with Crippen molar-refractivity contribution in [1.82, 2.24) is 10.2 Å². The molecular formula is C9H18N2O. The minimum atomic E-state index is 0.0868. The normalized spacial score (nSPS) is 24.7. The van der Waals surface area contributed by atoms with E-state index in [9.17, 15) is 4.79 Å². The van der Waals surface area contributed by atoms with Crippen LogP contribution in [0.25, 0.3) is 0 Å². The zero-order valence-corrected chi connectivity index (χ0v) is 7.97. The van der Waals surface area contributed by atoms with E-state index in [0.29, 0.717) is 0 Å². The first kappa shape index (κ1) is 9.52. The summed E-state index contributed by atoms with van der Waals surface area (Å²) >= 11 is 0. The Morgan fingerprint density at radius 1 is 1.58 bits per heavy atom. The van der Waals surface area contributed by atoms with Crippen LogP contribution in [0.1, 0.15) is 26.7 Å². The van der Waals surface area contributed by atoms with Crippen LogP contribution in [-0.2, 0) is 4.79 Å². The van der Waals surface area contributed by atoms with Crippen molar-refractivity contribution in [2.75, 3.05) is 19.6 Å². The highest BCUT2D eigenvalue weighted by Crippen LogP contribution is 2.05. The second-order valence-corrected chi connectivity index (χ2v) is 3.21. The molecule has 1 amide bonds. The molecule has 1 atom stereocenters. The maximum atomic E-state index is 11.6. The van der Waals surface area contributed by atoms with E-state index in [2.05, 4.69) is 12.2 Å². The van der Waals surface area contributed by atoms with Crippen LogP contribution in [0, 0.1) is 0 Å². The van der Waals surface area contributed by atoms with Crippen molar-refractivity contribution in [2.24, 2.45) is 0 Å². The smallest absolute Gasteiger partial charge is 0.239 e. The fraction of sp³-hybridized carbons (Fsp3) is 0.889. The molecule has 1 unspecified atom stereocenters. The van der Waals surface area contributed by atoms with Crippen LogP contribution in [0.5, 0.6) is 0 Å². The van der Waals surface area contributed by atoms with Crippen LogP contribution in [0.2, 0.25) is 0 Å². The van der Waals surface area contributed by atoms with Gasteiger partial charge < -0.3 is 10.2 Å². The van der Waals surface area contributed by atoms with Gasteiger partial charge in [-0.2, -0.15) is 0 Å². The van der Waals surface area contributed by atoms with E-state index >= 15 is 0 Å². The lowest BCUT2D eigenvalue weighted by atomic mass is 10.1. The van der Waals surface area contributed by atoms with E-state index in [-0.39, 0.29) is 11.9 Å². The first-order valence-corrected chi connectivity index (χ1v) is 4.81. The van der Waals surface area contributed by atoms with E-state index in [1.165, 1.54) is 0 Å². The van der Waals surface area contributed by atoms with Gasteiger partial charge in [-0.05, 0) is 13.3 Å². The summed E-state index contributed by atoms with van der Waals surface area (Å²) in [7, 11) is 0. The van der Waals surface area contributed by atoms with Gasteiger partial charge >= 0.3 is 0 Å². The zero-order chi connectivity index (χ0) is 8.97. The summed E-state index contributed by atoms with van der Waals surface area (Å²) in [4.78, 5) is 13.5. The molecule has 1 fully saturated rings. The monoisotopic (exact) mass is 170 g/mol. The standard InChI is InChI=1S/C9H18N2O/c1-3-5-8-9(12)11(4-2)7-6-10-8/h8,10H,3-7H2,1-2H3. The predicted octanol–water partition coefficient (Wildman–Crippen LogP) is 0.607. The average Bonchev–Trinajstić information content (AvgIpc) is 2.09. The Morgan fingerprint density at radius 3 is 2.92 bits per heavy atom.